The van der Waals surface area contributed by atoms with Gasteiger partial charge in [-0.3, -0.25) is 0 Å². The van der Waals surface area contributed by atoms with E-state index >= 15 is 0 Å². The van der Waals surface area contributed by atoms with E-state index in [2.05, 4.69) is 86.0 Å². The van der Waals surface area contributed by atoms with E-state index in [9.17, 15) is 0 Å². The van der Waals surface area contributed by atoms with Crippen LogP contribution in [0.25, 0.3) is 0 Å². The number of hydrogen-bond acceptors (Lipinski definition) is 2. The Morgan fingerprint density at radius 3 is 1.61 bits per heavy atom. The van der Waals surface area contributed by atoms with Crippen LogP contribution in [-0.2, 0) is 28.4 Å². The fraction of sp³-hybridized carbons (Fsp3) is 0.762. The summed E-state index contributed by atoms with van der Waals surface area (Å²) in [4.78, 5) is 0. The second-order valence-corrected chi connectivity index (χ2v) is 34.2. The molecule has 2 nitrogen and oxygen atoms in total. The number of hydrogen-bond donors (Lipinski definition) is 2. The molecule has 0 aromatic heterocycles. The molecule has 4 atom stereocenters. The van der Waals surface area contributed by atoms with E-state index in [1.54, 1.807) is 32.1 Å². The molecule has 2 heterocycles. The van der Waals surface area contributed by atoms with Gasteiger partial charge in [-0.05, 0) is 135 Å². The van der Waals surface area contributed by atoms with Gasteiger partial charge in [-0.1, -0.05) is 66.2 Å². The Hall–Kier alpha value is 0.433. The van der Waals surface area contributed by atoms with Gasteiger partial charge >= 0.3 is 0 Å². The first-order valence-corrected chi connectivity index (χ1v) is 29.2. The van der Waals surface area contributed by atoms with Crippen molar-refractivity contribution in [2.24, 2.45) is 35.5 Å². The third kappa shape index (κ3) is 8.72. The van der Waals surface area contributed by atoms with Crippen LogP contribution >= 0.6 is 17.2 Å². The molecule has 49 heavy (non-hydrogen) atoms. The fourth-order valence-electron chi connectivity index (χ4n) is 11.6. The minimum absolute atomic E-state index is 0. The van der Waals surface area contributed by atoms with Crippen LogP contribution in [-0.4, -0.2) is 53.1 Å². The summed E-state index contributed by atoms with van der Waals surface area (Å²) in [7, 11) is 0.438. The Balaban J connectivity index is 0.000000717. The van der Waals surface area contributed by atoms with Crippen molar-refractivity contribution in [3.8, 4) is 0 Å². The van der Waals surface area contributed by atoms with E-state index < -0.39 is 16.1 Å². The first-order chi connectivity index (χ1) is 22.6. The van der Waals surface area contributed by atoms with Gasteiger partial charge in [-0.25, -0.2) is 11.3 Å². The first-order valence-electron chi connectivity index (χ1n) is 20.1. The predicted octanol–water partition coefficient (Wildman–Crippen LogP) is 9.57. The first kappa shape index (κ1) is 40.6. The Bertz CT molecular complexity index is 1260. The molecule has 2 aromatic rings. The molecule has 2 saturated heterocycles. The SMILES string of the molecule is CC(C)(C)P(C[c-]1c(C(P)(C2CCCNC2)C2CCCNC2)cc([Si](C)(C)C)c1[Si](C)(C)C)C1C2CC3CC(C2)CC1C3.[Fe].[cH-]1[cH-][cH-][cH-][cH-]1. The molecule has 6 fully saturated rings. The minimum atomic E-state index is -1.59. The smallest absolute Gasteiger partial charge is 0.0508 e. The van der Waals surface area contributed by atoms with Gasteiger partial charge in [-0.15, -0.1) is 22.7 Å². The van der Waals surface area contributed by atoms with Gasteiger partial charge in [0.15, 0.2) is 0 Å². The van der Waals surface area contributed by atoms with Crippen LogP contribution in [0.5, 0.6) is 0 Å². The third-order valence-electron chi connectivity index (χ3n) is 13.4. The van der Waals surface area contributed by atoms with Crippen LogP contribution in [0.2, 0.25) is 39.3 Å². The van der Waals surface area contributed by atoms with E-state index in [0.717, 1.165) is 29.3 Å². The molecule has 2 aromatic carbocycles. The van der Waals surface area contributed by atoms with Crippen molar-refractivity contribution in [1.29, 1.82) is 0 Å². The average molecular weight is 779 g/mol. The topological polar surface area (TPSA) is 24.1 Å². The monoisotopic (exact) mass is 778 g/mol. The van der Waals surface area contributed by atoms with Gasteiger partial charge < -0.3 is 41.0 Å². The molecule has 0 amide bonds. The Morgan fingerprint density at radius 1 is 0.776 bits per heavy atom. The summed E-state index contributed by atoms with van der Waals surface area (Å²) in [6.07, 6.45) is 14.7. The molecular weight excluding hydrogens is 706 g/mol. The average Bonchev–Trinajstić information content (AvgIpc) is 3.73. The van der Waals surface area contributed by atoms with E-state index in [0.29, 0.717) is 17.0 Å². The minimum Gasteiger partial charge on any atom is -0.748 e. The largest absolute Gasteiger partial charge is 0.748 e. The van der Waals surface area contributed by atoms with Gasteiger partial charge in [-0.2, -0.15) is 10.8 Å². The zero-order valence-electron chi connectivity index (χ0n) is 32.8. The van der Waals surface area contributed by atoms with E-state index in [-0.39, 0.29) is 30.1 Å². The number of nitrogens with one attached hydrogen (secondary N) is 2. The second kappa shape index (κ2) is 16.0. The normalized spacial score (nSPS) is 32.1. The molecule has 2 aliphatic heterocycles. The molecule has 7 heteroatoms. The Labute approximate surface area is 318 Å². The van der Waals surface area contributed by atoms with Crippen molar-refractivity contribution in [3.05, 3.63) is 47.5 Å². The number of piperidine rings is 2. The maximum atomic E-state index is 3.89. The van der Waals surface area contributed by atoms with Gasteiger partial charge in [0.1, 0.15) is 0 Å². The Morgan fingerprint density at radius 2 is 1.24 bits per heavy atom. The van der Waals surface area contributed by atoms with Crippen molar-refractivity contribution < 1.29 is 17.1 Å². The zero-order chi connectivity index (χ0) is 34.5. The van der Waals surface area contributed by atoms with E-state index in [1.807, 2.05) is 51.8 Å². The van der Waals surface area contributed by atoms with Crippen LogP contribution in [0.3, 0.4) is 0 Å². The van der Waals surface area contributed by atoms with Crippen LogP contribution in [0.1, 0.15) is 89.7 Å². The summed E-state index contributed by atoms with van der Waals surface area (Å²) < 4.78 is 0. The molecule has 4 unspecified atom stereocenters. The quantitative estimate of drug-likeness (QED) is 0.159. The van der Waals surface area contributed by atoms with Crippen molar-refractivity contribution in [3.63, 3.8) is 0 Å². The summed E-state index contributed by atoms with van der Waals surface area (Å²) >= 11 is 0. The molecule has 282 valence electrons. The molecule has 2 N–H and O–H groups in total. The molecule has 0 radical (unpaired) electrons. The Kier molecular flexibility index (Phi) is 13.3. The van der Waals surface area contributed by atoms with Gasteiger partial charge in [0.2, 0.25) is 0 Å². The van der Waals surface area contributed by atoms with E-state index in [1.165, 1.54) is 58.0 Å². The maximum absolute atomic E-state index is 3.89. The molecule has 6 aliphatic rings. The zero-order valence-corrected chi connectivity index (χ0v) is 37.9. The second-order valence-electron chi connectivity index (χ2n) is 20.0. The van der Waals surface area contributed by atoms with Crippen LogP contribution in [0.4, 0.5) is 0 Å². The molecular formula is C42H72FeN2P2Si2-6. The van der Waals surface area contributed by atoms with Gasteiger partial charge in [0.25, 0.3) is 0 Å². The maximum Gasteiger partial charge on any atom is 0.0508 e. The molecule has 4 saturated carbocycles. The molecule has 8 rings (SSSR count). The van der Waals surface area contributed by atoms with Crippen LogP contribution in [0.15, 0.2) is 36.4 Å². The summed E-state index contributed by atoms with van der Waals surface area (Å²) in [5, 5.41) is 12.1. The van der Waals surface area contributed by atoms with Crippen molar-refractivity contribution in [1.82, 2.24) is 10.6 Å². The van der Waals surface area contributed by atoms with E-state index in [4.69, 9.17) is 0 Å². The van der Waals surface area contributed by atoms with Crippen molar-refractivity contribution in [2.75, 3.05) is 26.2 Å². The standard InChI is InChI=1S/C37H67N2P2Si2.C5H5.Fe/c1-36(2,3)41(34-27-17-25-16-26(19-27)20-28(34)18-25)24-31-32(21-33(42(4,5)6)35(31)43(7,8)9)37(40,29-12-10-14-38-22-29)30-13-11-15-39-23-30;1-2-4-5-3-1;/h21,25-30,34,38-39H,10-20,22-24,40H2,1-9H3;1-5H;/q-1;-5;. The molecule has 4 bridgehead atoms. The van der Waals surface area contributed by atoms with Crippen LogP contribution in [0, 0.1) is 35.5 Å². The summed E-state index contributed by atoms with van der Waals surface area (Å²) in [5.41, 5.74) is 4.75. The summed E-state index contributed by atoms with van der Waals surface area (Å²) in [6, 6.07) is 12.9. The summed E-state index contributed by atoms with van der Waals surface area (Å²) in [5.74, 6) is 5.61. The van der Waals surface area contributed by atoms with Gasteiger partial charge in [0, 0.05) is 25.1 Å². The molecule has 0 spiro atoms. The summed E-state index contributed by atoms with van der Waals surface area (Å²) in [6.45, 7) is 28.8. The van der Waals surface area contributed by atoms with Crippen LogP contribution < -0.4 is 21.0 Å². The third-order valence-corrected chi connectivity index (χ3v) is 23.0. The van der Waals surface area contributed by atoms with Crippen molar-refractivity contribution >= 4 is 43.7 Å². The van der Waals surface area contributed by atoms with Crippen molar-refractivity contribution in [2.45, 2.75) is 140 Å². The predicted molar refractivity (Wildman–Crippen MR) is 224 cm³/mol. The number of rotatable bonds is 8. The molecule has 4 aliphatic carbocycles. The van der Waals surface area contributed by atoms with Gasteiger partial charge in [0.05, 0.1) is 8.07 Å². The fourth-order valence-corrected chi connectivity index (χ4v) is 22.0.